The first-order valence-corrected chi connectivity index (χ1v) is 11.1. The third-order valence-electron chi connectivity index (χ3n) is 5.99. The summed E-state index contributed by atoms with van der Waals surface area (Å²) in [5, 5.41) is 18.9. The number of nitrogens with two attached hydrogens (primary N) is 2. The van der Waals surface area contributed by atoms with Crippen LogP contribution < -0.4 is 21.8 Å². The number of phenols is 1. The number of halogens is 2. The molecule has 0 spiro atoms. The standard InChI is InChI=1S/C25H24F2N4O5/c26-18-9-15(32)5-6-20(18)31-12-17(25(34)35)24(33)16-10-19(27)22(11-21(16)31)30-8-2-3-14(30)13-36-23(29)4-1-7-28/h1,4-7,9-12,14,32H,2-3,8,13,28-29H2,(H,34,35)/b7-1-,23-4+. The molecular weight excluding hydrogens is 474 g/mol. The van der Waals surface area contributed by atoms with Crippen molar-refractivity contribution in [3.05, 3.63) is 88.2 Å². The number of fused-ring (bicyclic) bond motifs is 1. The molecule has 1 unspecified atom stereocenters. The molecule has 1 saturated heterocycles. The molecule has 6 N–H and O–H groups in total. The lowest BCUT2D eigenvalue weighted by Crippen LogP contribution is -2.34. The summed E-state index contributed by atoms with van der Waals surface area (Å²) in [6, 6.07) is 5.42. The number of allylic oxidation sites excluding steroid dienone is 2. The number of pyridine rings is 1. The lowest BCUT2D eigenvalue weighted by atomic mass is 10.1. The van der Waals surface area contributed by atoms with Crippen LogP contribution in [-0.2, 0) is 4.74 Å². The van der Waals surface area contributed by atoms with Crippen molar-refractivity contribution < 1.29 is 28.5 Å². The second kappa shape index (κ2) is 9.98. The van der Waals surface area contributed by atoms with Crippen LogP contribution in [0.25, 0.3) is 16.6 Å². The predicted octanol–water partition coefficient (Wildman–Crippen LogP) is 2.93. The fraction of sp³-hybridized carbons (Fsp3) is 0.200. The Kier molecular flexibility index (Phi) is 6.82. The molecule has 0 bridgehead atoms. The van der Waals surface area contributed by atoms with E-state index >= 15 is 4.39 Å². The topological polar surface area (TPSA) is 144 Å². The Morgan fingerprint density at radius 3 is 2.64 bits per heavy atom. The Bertz CT molecular complexity index is 1450. The molecule has 2 heterocycles. The fourth-order valence-corrected chi connectivity index (χ4v) is 4.31. The summed E-state index contributed by atoms with van der Waals surface area (Å²) in [5.74, 6) is -3.32. The molecule has 9 nitrogen and oxygen atoms in total. The van der Waals surface area contributed by atoms with Crippen molar-refractivity contribution in [2.24, 2.45) is 11.5 Å². The maximum atomic E-state index is 15.3. The number of phenolic OH excluding ortho intramolecular Hbond substituents is 1. The molecule has 0 radical (unpaired) electrons. The van der Waals surface area contributed by atoms with E-state index in [-0.39, 0.29) is 46.6 Å². The number of carbonyl (C=O) groups is 1. The van der Waals surface area contributed by atoms with Crippen LogP contribution in [0.15, 0.2) is 65.6 Å². The van der Waals surface area contributed by atoms with E-state index in [1.54, 1.807) is 4.90 Å². The number of carboxylic acids is 1. The summed E-state index contributed by atoms with van der Waals surface area (Å²) < 4.78 is 36.8. The number of aromatic nitrogens is 1. The zero-order valence-corrected chi connectivity index (χ0v) is 19.0. The Morgan fingerprint density at radius 2 is 1.94 bits per heavy atom. The molecule has 1 aromatic heterocycles. The van der Waals surface area contributed by atoms with E-state index in [2.05, 4.69) is 0 Å². The fourth-order valence-electron chi connectivity index (χ4n) is 4.31. The largest absolute Gasteiger partial charge is 0.508 e. The average molecular weight is 498 g/mol. The van der Waals surface area contributed by atoms with Gasteiger partial charge >= 0.3 is 5.97 Å². The molecule has 0 saturated carbocycles. The number of hydrogen-bond donors (Lipinski definition) is 4. The highest BCUT2D eigenvalue weighted by atomic mass is 19.1. The van der Waals surface area contributed by atoms with Crippen molar-refractivity contribution in [2.45, 2.75) is 18.9 Å². The first kappa shape index (κ1) is 24.6. The number of aromatic carboxylic acids is 1. The number of benzene rings is 2. The minimum absolute atomic E-state index is 0.102. The third-order valence-corrected chi connectivity index (χ3v) is 5.99. The molecule has 2 aromatic carbocycles. The van der Waals surface area contributed by atoms with Crippen molar-refractivity contribution in [3.63, 3.8) is 0 Å². The highest BCUT2D eigenvalue weighted by molar-refractivity contribution is 5.94. The Morgan fingerprint density at radius 1 is 1.19 bits per heavy atom. The highest BCUT2D eigenvalue weighted by Crippen LogP contribution is 2.33. The summed E-state index contributed by atoms with van der Waals surface area (Å²) >= 11 is 0. The van der Waals surface area contributed by atoms with Crippen molar-refractivity contribution in [1.82, 2.24) is 4.57 Å². The van der Waals surface area contributed by atoms with Crippen LogP contribution in [0.2, 0.25) is 0 Å². The number of rotatable bonds is 7. The number of ether oxygens (including phenoxy) is 1. The van der Waals surface area contributed by atoms with Crippen molar-refractivity contribution >= 4 is 22.6 Å². The Balaban J connectivity index is 1.84. The van der Waals surface area contributed by atoms with Gasteiger partial charge in [0.2, 0.25) is 5.43 Å². The first-order valence-electron chi connectivity index (χ1n) is 11.1. The van der Waals surface area contributed by atoms with Crippen molar-refractivity contribution in [2.75, 3.05) is 18.1 Å². The van der Waals surface area contributed by atoms with Gasteiger partial charge in [-0.05, 0) is 55.5 Å². The molecule has 188 valence electrons. The van der Waals surface area contributed by atoms with Gasteiger partial charge in [-0.2, -0.15) is 0 Å². The van der Waals surface area contributed by atoms with E-state index < -0.39 is 28.6 Å². The van der Waals surface area contributed by atoms with E-state index in [1.807, 2.05) is 0 Å². The summed E-state index contributed by atoms with van der Waals surface area (Å²) in [4.78, 5) is 26.3. The van der Waals surface area contributed by atoms with E-state index in [0.717, 1.165) is 24.8 Å². The monoisotopic (exact) mass is 498 g/mol. The molecule has 0 aliphatic carbocycles. The number of nitrogens with zero attached hydrogens (tertiary/aromatic N) is 2. The normalized spacial score (nSPS) is 16.2. The Labute approximate surface area is 204 Å². The lowest BCUT2D eigenvalue weighted by Gasteiger charge is -2.28. The van der Waals surface area contributed by atoms with Crippen LogP contribution in [0, 0.1) is 11.6 Å². The smallest absolute Gasteiger partial charge is 0.341 e. The summed E-state index contributed by atoms with van der Waals surface area (Å²) in [7, 11) is 0. The van der Waals surface area contributed by atoms with Gasteiger partial charge in [0.15, 0.2) is 11.7 Å². The van der Waals surface area contributed by atoms with E-state index in [1.165, 1.54) is 41.1 Å². The van der Waals surface area contributed by atoms with Gasteiger partial charge in [0.1, 0.15) is 23.7 Å². The van der Waals surface area contributed by atoms with Gasteiger partial charge in [-0.25, -0.2) is 13.6 Å². The molecule has 0 amide bonds. The van der Waals surface area contributed by atoms with Gasteiger partial charge in [0.05, 0.1) is 22.9 Å². The number of hydrogen-bond acceptors (Lipinski definition) is 7. The minimum atomic E-state index is -1.54. The van der Waals surface area contributed by atoms with E-state index in [0.29, 0.717) is 13.0 Å². The quantitative estimate of drug-likeness (QED) is 0.288. The second-order valence-corrected chi connectivity index (χ2v) is 8.26. The maximum Gasteiger partial charge on any atom is 0.341 e. The molecule has 1 aliphatic heterocycles. The van der Waals surface area contributed by atoms with Gasteiger partial charge in [0.25, 0.3) is 0 Å². The van der Waals surface area contributed by atoms with Gasteiger partial charge in [-0.15, -0.1) is 0 Å². The van der Waals surface area contributed by atoms with E-state index in [4.69, 9.17) is 16.2 Å². The lowest BCUT2D eigenvalue weighted by molar-refractivity contribution is 0.0695. The summed E-state index contributed by atoms with van der Waals surface area (Å²) in [6.45, 7) is 0.656. The Hall–Kier alpha value is -4.54. The van der Waals surface area contributed by atoms with Gasteiger partial charge < -0.3 is 35.9 Å². The molecule has 4 rings (SSSR count). The molecule has 3 aromatic rings. The summed E-state index contributed by atoms with van der Waals surface area (Å²) in [5.41, 5.74) is 9.66. The minimum Gasteiger partial charge on any atom is -0.508 e. The average Bonchev–Trinajstić information content (AvgIpc) is 3.30. The maximum absolute atomic E-state index is 15.3. The third kappa shape index (κ3) is 4.67. The van der Waals surface area contributed by atoms with Crippen LogP contribution in [0.1, 0.15) is 23.2 Å². The SMILES string of the molecule is N/C=C\C=C(/N)OCC1CCCN1c1cc2c(cc1F)c(=O)c(C(=O)O)cn2-c1ccc(O)cc1F. The second-order valence-electron chi connectivity index (χ2n) is 8.26. The molecule has 1 aliphatic rings. The highest BCUT2D eigenvalue weighted by Gasteiger charge is 2.29. The van der Waals surface area contributed by atoms with Crippen LogP contribution in [0.3, 0.4) is 0 Å². The molecule has 11 heteroatoms. The van der Waals surface area contributed by atoms with E-state index in [9.17, 15) is 24.2 Å². The van der Waals surface area contributed by atoms with Crippen LogP contribution in [0.5, 0.6) is 5.75 Å². The number of aromatic hydroxyl groups is 1. The van der Waals surface area contributed by atoms with Gasteiger partial charge in [-0.1, -0.05) is 0 Å². The molecule has 36 heavy (non-hydrogen) atoms. The van der Waals surface area contributed by atoms with Crippen LogP contribution in [-0.4, -0.2) is 39.9 Å². The van der Waals surface area contributed by atoms with Crippen molar-refractivity contribution in [3.8, 4) is 11.4 Å². The van der Waals surface area contributed by atoms with Gasteiger partial charge in [-0.3, -0.25) is 4.79 Å². The molecule has 1 fully saturated rings. The molecule has 1 atom stereocenters. The van der Waals surface area contributed by atoms with Crippen LogP contribution in [0.4, 0.5) is 14.5 Å². The summed E-state index contributed by atoms with van der Waals surface area (Å²) in [6.07, 6.45) is 6.72. The first-order chi connectivity index (χ1) is 17.2. The number of carboxylic acid groups (broad SMARTS) is 1. The van der Waals surface area contributed by atoms with Gasteiger partial charge in [0, 0.05) is 24.2 Å². The molecular formula is C25H24F2N4O5. The number of anilines is 1. The van der Waals surface area contributed by atoms with Crippen LogP contribution >= 0.6 is 0 Å². The predicted molar refractivity (Wildman–Crippen MR) is 130 cm³/mol. The zero-order valence-electron chi connectivity index (χ0n) is 19.0. The van der Waals surface area contributed by atoms with Crippen molar-refractivity contribution in [1.29, 1.82) is 0 Å². The zero-order chi connectivity index (χ0) is 26.0.